The Kier molecular flexibility index (Phi) is 3.11. The van der Waals surface area contributed by atoms with Crippen LogP contribution in [0.5, 0.6) is 0 Å². The van der Waals surface area contributed by atoms with Crippen LogP contribution in [0, 0.1) is 11.7 Å². The zero-order chi connectivity index (χ0) is 13.6. The topological polar surface area (TPSA) is 46.6 Å². The van der Waals surface area contributed by atoms with Crippen LogP contribution in [-0.2, 0) is 14.8 Å². The maximum absolute atomic E-state index is 12.9. The number of ether oxygens (including phenoxy) is 1. The second-order valence-electron chi connectivity index (χ2n) is 5.26. The van der Waals surface area contributed by atoms with E-state index in [9.17, 15) is 12.8 Å². The van der Waals surface area contributed by atoms with Crippen molar-refractivity contribution < 1.29 is 17.5 Å². The molecular formula is C13H16FNO3S. The molecule has 2 aliphatic rings. The van der Waals surface area contributed by atoms with Gasteiger partial charge in [0.05, 0.1) is 17.1 Å². The summed E-state index contributed by atoms with van der Waals surface area (Å²) in [5, 5.41) is 0. The number of hydrogen-bond donors (Lipinski definition) is 0. The Balaban J connectivity index is 1.81. The van der Waals surface area contributed by atoms with Crippen molar-refractivity contribution >= 4 is 10.0 Å². The van der Waals surface area contributed by atoms with Crippen LogP contribution >= 0.6 is 0 Å². The van der Waals surface area contributed by atoms with E-state index in [2.05, 4.69) is 0 Å². The Morgan fingerprint density at radius 3 is 2.58 bits per heavy atom. The molecule has 0 aromatic heterocycles. The van der Waals surface area contributed by atoms with Gasteiger partial charge in [0.25, 0.3) is 0 Å². The standard InChI is InChI=1S/C13H16FNO3S/c1-9-6-10-7-15(8-13(10)18-9)19(16,17)12-4-2-11(14)3-5-12/h2-5,9-10,13H,6-8H2,1H3/t9-,10-,13+/m1/s1. The van der Waals surface area contributed by atoms with E-state index >= 15 is 0 Å². The fourth-order valence-electron chi connectivity index (χ4n) is 2.92. The number of benzene rings is 1. The summed E-state index contributed by atoms with van der Waals surface area (Å²) in [6.07, 6.45) is 1.12. The van der Waals surface area contributed by atoms with E-state index in [4.69, 9.17) is 4.74 Å². The Bertz CT molecular complexity index is 558. The molecule has 1 aromatic rings. The van der Waals surface area contributed by atoms with Crippen LogP contribution in [0.25, 0.3) is 0 Å². The van der Waals surface area contributed by atoms with E-state index in [0.717, 1.165) is 6.42 Å². The van der Waals surface area contributed by atoms with Gasteiger partial charge in [0.1, 0.15) is 5.82 Å². The summed E-state index contributed by atoms with van der Waals surface area (Å²) in [7, 11) is -3.53. The summed E-state index contributed by atoms with van der Waals surface area (Å²) >= 11 is 0. The molecule has 1 aromatic carbocycles. The number of nitrogens with zero attached hydrogens (tertiary/aromatic N) is 1. The smallest absolute Gasteiger partial charge is 0.243 e. The minimum Gasteiger partial charge on any atom is -0.374 e. The number of halogens is 1. The highest BCUT2D eigenvalue weighted by atomic mass is 32.2. The molecule has 2 saturated heterocycles. The lowest BCUT2D eigenvalue weighted by Gasteiger charge is -2.18. The summed E-state index contributed by atoms with van der Waals surface area (Å²) in [5.41, 5.74) is 0. The van der Waals surface area contributed by atoms with Crippen molar-refractivity contribution in [2.24, 2.45) is 5.92 Å². The summed E-state index contributed by atoms with van der Waals surface area (Å²) in [6, 6.07) is 4.95. The van der Waals surface area contributed by atoms with Crippen molar-refractivity contribution in [2.45, 2.75) is 30.4 Å². The molecule has 0 spiro atoms. The normalized spacial score (nSPS) is 31.6. The van der Waals surface area contributed by atoms with E-state index in [1.807, 2.05) is 6.92 Å². The molecule has 4 nitrogen and oxygen atoms in total. The second-order valence-corrected chi connectivity index (χ2v) is 7.19. The van der Waals surface area contributed by atoms with E-state index in [1.165, 1.54) is 28.6 Å². The van der Waals surface area contributed by atoms with E-state index in [0.29, 0.717) is 13.1 Å². The van der Waals surface area contributed by atoms with Crippen LogP contribution in [0.2, 0.25) is 0 Å². The van der Waals surface area contributed by atoms with Crippen molar-refractivity contribution in [1.29, 1.82) is 0 Å². The zero-order valence-electron chi connectivity index (χ0n) is 10.6. The third-order valence-electron chi connectivity index (χ3n) is 3.84. The highest BCUT2D eigenvalue weighted by molar-refractivity contribution is 7.89. The average Bonchev–Trinajstić information content (AvgIpc) is 2.87. The molecule has 19 heavy (non-hydrogen) atoms. The zero-order valence-corrected chi connectivity index (χ0v) is 11.4. The minimum absolute atomic E-state index is 0.00484. The highest BCUT2D eigenvalue weighted by Crippen LogP contribution is 2.35. The molecule has 0 N–H and O–H groups in total. The number of rotatable bonds is 2. The van der Waals surface area contributed by atoms with Crippen LogP contribution < -0.4 is 0 Å². The molecule has 0 amide bonds. The van der Waals surface area contributed by atoms with Gasteiger partial charge >= 0.3 is 0 Å². The lowest BCUT2D eigenvalue weighted by molar-refractivity contribution is 0.0541. The van der Waals surface area contributed by atoms with Gasteiger partial charge in [-0.15, -0.1) is 0 Å². The Labute approximate surface area is 112 Å². The summed E-state index contributed by atoms with van der Waals surface area (Å²) in [4.78, 5) is 0.141. The van der Waals surface area contributed by atoms with Crippen LogP contribution in [0.3, 0.4) is 0 Å². The monoisotopic (exact) mass is 285 g/mol. The fourth-order valence-corrected chi connectivity index (χ4v) is 4.43. The van der Waals surface area contributed by atoms with Crippen LogP contribution in [0.4, 0.5) is 4.39 Å². The molecular weight excluding hydrogens is 269 g/mol. The molecule has 2 heterocycles. The molecule has 0 aliphatic carbocycles. The Morgan fingerprint density at radius 2 is 1.95 bits per heavy atom. The summed E-state index contributed by atoms with van der Waals surface area (Å²) in [6.45, 7) is 2.90. The SMILES string of the molecule is C[C@@H]1C[C@@H]2CN(S(=O)(=O)c3ccc(F)cc3)C[C@@H]2O1. The maximum atomic E-state index is 12.9. The first-order chi connectivity index (χ1) is 8.96. The Morgan fingerprint density at radius 1 is 1.26 bits per heavy atom. The fraction of sp³-hybridized carbons (Fsp3) is 0.538. The lowest BCUT2D eigenvalue weighted by Crippen LogP contribution is -2.31. The van der Waals surface area contributed by atoms with Crippen molar-refractivity contribution in [3.63, 3.8) is 0 Å². The maximum Gasteiger partial charge on any atom is 0.243 e. The molecule has 0 radical (unpaired) electrons. The Hall–Kier alpha value is -0.980. The molecule has 2 fully saturated rings. The average molecular weight is 285 g/mol. The van der Waals surface area contributed by atoms with Crippen molar-refractivity contribution in [2.75, 3.05) is 13.1 Å². The highest BCUT2D eigenvalue weighted by Gasteiger charge is 2.44. The molecule has 104 valence electrons. The van der Waals surface area contributed by atoms with Gasteiger partial charge in [0.2, 0.25) is 10.0 Å². The van der Waals surface area contributed by atoms with E-state index in [-0.39, 0.29) is 23.0 Å². The number of fused-ring (bicyclic) bond motifs is 1. The molecule has 6 heteroatoms. The quantitative estimate of drug-likeness (QED) is 0.829. The van der Waals surface area contributed by atoms with Crippen molar-refractivity contribution in [3.8, 4) is 0 Å². The van der Waals surface area contributed by atoms with Gasteiger partial charge in [-0.1, -0.05) is 0 Å². The van der Waals surface area contributed by atoms with E-state index < -0.39 is 15.8 Å². The number of hydrogen-bond acceptors (Lipinski definition) is 3. The van der Waals surface area contributed by atoms with Gasteiger partial charge in [0, 0.05) is 19.0 Å². The summed E-state index contributed by atoms with van der Waals surface area (Å²) < 4.78 is 44.8. The first-order valence-corrected chi connectivity index (χ1v) is 7.82. The largest absolute Gasteiger partial charge is 0.374 e. The molecule has 0 bridgehead atoms. The first kappa shape index (κ1) is 13.0. The predicted molar refractivity (Wildman–Crippen MR) is 67.6 cm³/mol. The molecule has 0 saturated carbocycles. The van der Waals surface area contributed by atoms with E-state index in [1.54, 1.807) is 0 Å². The van der Waals surface area contributed by atoms with Crippen LogP contribution in [0.1, 0.15) is 13.3 Å². The van der Waals surface area contributed by atoms with Crippen LogP contribution in [-0.4, -0.2) is 38.0 Å². The third kappa shape index (κ3) is 2.28. The minimum atomic E-state index is -3.53. The molecule has 3 rings (SSSR count). The summed E-state index contributed by atoms with van der Waals surface area (Å²) in [5.74, 6) is -0.153. The second kappa shape index (κ2) is 4.54. The predicted octanol–water partition coefficient (Wildman–Crippen LogP) is 1.62. The van der Waals surface area contributed by atoms with Crippen molar-refractivity contribution in [3.05, 3.63) is 30.1 Å². The van der Waals surface area contributed by atoms with Gasteiger partial charge in [-0.25, -0.2) is 12.8 Å². The molecule has 0 unspecified atom stereocenters. The molecule has 2 aliphatic heterocycles. The van der Waals surface area contributed by atoms with Gasteiger partial charge in [-0.3, -0.25) is 0 Å². The number of sulfonamides is 1. The van der Waals surface area contributed by atoms with Gasteiger partial charge in [0.15, 0.2) is 0 Å². The lowest BCUT2D eigenvalue weighted by atomic mass is 10.0. The first-order valence-electron chi connectivity index (χ1n) is 6.38. The molecule has 3 atom stereocenters. The van der Waals surface area contributed by atoms with Gasteiger partial charge in [-0.2, -0.15) is 4.31 Å². The van der Waals surface area contributed by atoms with Gasteiger partial charge in [-0.05, 0) is 37.6 Å². The van der Waals surface area contributed by atoms with Crippen molar-refractivity contribution in [1.82, 2.24) is 4.31 Å². The van der Waals surface area contributed by atoms with Crippen LogP contribution in [0.15, 0.2) is 29.2 Å². The van der Waals surface area contributed by atoms with Gasteiger partial charge < -0.3 is 4.74 Å². The third-order valence-corrected chi connectivity index (χ3v) is 5.69.